The zero-order valence-corrected chi connectivity index (χ0v) is 17.9. The summed E-state index contributed by atoms with van der Waals surface area (Å²) in [6.45, 7) is 1.78. The molecular weight excluding hydrogens is 452 g/mol. The van der Waals surface area contributed by atoms with Crippen LogP contribution in [0.4, 0.5) is 14.6 Å². The van der Waals surface area contributed by atoms with E-state index in [4.69, 9.17) is 11.6 Å². The van der Waals surface area contributed by atoms with Crippen LogP contribution in [0, 0.1) is 18.7 Å². The number of carbonyl (C=O) groups is 1. The predicted octanol–water partition coefficient (Wildman–Crippen LogP) is 4.67. The topological polar surface area (TPSA) is 104 Å². The molecule has 1 saturated carbocycles. The first kappa shape index (κ1) is 19.9. The van der Waals surface area contributed by atoms with Crippen LogP contribution in [0.25, 0.3) is 38.9 Å². The minimum Gasteiger partial charge on any atom is -0.342 e. The molecule has 8 nitrogen and oxygen atoms in total. The number of aryl methyl sites for hydroxylation is 1. The minimum atomic E-state index is -1.09. The van der Waals surface area contributed by atoms with Gasteiger partial charge in [0.2, 0.25) is 5.91 Å². The van der Waals surface area contributed by atoms with E-state index < -0.39 is 17.9 Å². The summed E-state index contributed by atoms with van der Waals surface area (Å²) in [4.78, 5) is 23.5. The number of rotatable bonds is 4. The molecule has 4 heterocycles. The van der Waals surface area contributed by atoms with Gasteiger partial charge >= 0.3 is 0 Å². The number of nitrogens with one attached hydrogen (secondary N) is 3. The molecule has 3 N–H and O–H groups in total. The molecule has 33 heavy (non-hydrogen) atoms. The maximum absolute atomic E-state index is 15.5. The van der Waals surface area contributed by atoms with E-state index in [2.05, 4.69) is 30.5 Å². The third kappa shape index (κ3) is 3.17. The first-order valence-corrected chi connectivity index (χ1v) is 10.6. The van der Waals surface area contributed by atoms with E-state index in [1.54, 1.807) is 48.2 Å². The lowest BCUT2D eigenvalue weighted by Crippen LogP contribution is -2.15. The van der Waals surface area contributed by atoms with Crippen molar-refractivity contribution in [1.29, 1.82) is 0 Å². The second-order valence-corrected chi connectivity index (χ2v) is 8.45. The number of carbonyl (C=O) groups excluding carboxylic acids is 1. The highest BCUT2D eigenvalue weighted by Crippen LogP contribution is 2.42. The van der Waals surface area contributed by atoms with Gasteiger partial charge in [0, 0.05) is 22.7 Å². The molecule has 1 aliphatic rings. The van der Waals surface area contributed by atoms with Gasteiger partial charge in [-0.25, -0.2) is 18.7 Å². The van der Waals surface area contributed by atoms with Crippen molar-refractivity contribution in [3.63, 3.8) is 0 Å². The SMILES string of the molecule is Cc1ncc(-c2c(F)c(Cl)c(-c3ccc4nc(NC(=O)[C@@H]5C[C@@H]5F)cn4c3)c3cn[nH]c23)[nH]1. The maximum atomic E-state index is 15.5. The molecule has 0 radical (unpaired) electrons. The Balaban J connectivity index is 1.45. The number of nitrogens with zero attached hydrogens (tertiary/aromatic N) is 4. The zero-order chi connectivity index (χ0) is 22.9. The second kappa shape index (κ2) is 7.11. The van der Waals surface area contributed by atoms with Crippen molar-refractivity contribution in [2.45, 2.75) is 19.5 Å². The summed E-state index contributed by atoms with van der Waals surface area (Å²) in [7, 11) is 0. The van der Waals surface area contributed by atoms with Gasteiger partial charge in [0.25, 0.3) is 0 Å². The number of fused-ring (bicyclic) bond motifs is 2. The van der Waals surface area contributed by atoms with Gasteiger partial charge in [0.15, 0.2) is 11.6 Å². The van der Waals surface area contributed by atoms with Crippen molar-refractivity contribution in [2.24, 2.45) is 5.92 Å². The van der Waals surface area contributed by atoms with Crippen molar-refractivity contribution >= 4 is 39.9 Å². The van der Waals surface area contributed by atoms with E-state index >= 15 is 4.39 Å². The quantitative estimate of drug-likeness (QED) is 0.357. The monoisotopic (exact) mass is 467 g/mol. The third-order valence-corrected chi connectivity index (χ3v) is 6.16. The Morgan fingerprint density at radius 2 is 2.09 bits per heavy atom. The standard InChI is InChI=1S/C22H16ClF2N7O/c1-9-26-6-14(28-9)18-20(25)19(23)17(12-5-27-31-21(12)18)10-2-3-16-29-15(8-32(16)7-10)30-22(33)11-4-13(11)24/h2-3,5-8,11,13H,4H2,1H3,(H,26,28)(H,27,31)(H,30,33)/t11-,13+/m1/s1. The highest BCUT2D eigenvalue weighted by molar-refractivity contribution is 6.36. The van der Waals surface area contributed by atoms with Gasteiger partial charge in [-0.2, -0.15) is 5.10 Å². The summed E-state index contributed by atoms with van der Waals surface area (Å²) in [6, 6.07) is 3.49. The van der Waals surface area contributed by atoms with Gasteiger partial charge in [0.05, 0.1) is 46.3 Å². The number of hydrogen-bond donors (Lipinski definition) is 3. The number of H-pyrrole nitrogens is 2. The van der Waals surface area contributed by atoms with Crippen LogP contribution in [-0.4, -0.2) is 41.6 Å². The van der Waals surface area contributed by atoms with Crippen LogP contribution < -0.4 is 5.32 Å². The van der Waals surface area contributed by atoms with E-state index in [1.807, 2.05) is 0 Å². The van der Waals surface area contributed by atoms with Gasteiger partial charge in [-0.15, -0.1) is 0 Å². The molecule has 11 heteroatoms. The van der Waals surface area contributed by atoms with Crippen LogP contribution in [-0.2, 0) is 4.79 Å². The van der Waals surface area contributed by atoms with Crippen molar-refractivity contribution in [1.82, 2.24) is 29.5 Å². The molecule has 0 unspecified atom stereocenters. The van der Waals surface area contributed by atoms with Gasteiger partial charge in [-0.1, -0.05) is 11.6 Å². The number of amides is 1. The van der Waals surface area contributed by atoms with Crippen molar-refractivity contribution < 1.29 is 13.6 Å². The summed E-state index contributed by atoms with van der Waals surface area (Å²) in [5.41, 5.74) is 2.90. The van der Waals surface area contributed by atoms with Gasteiger partial charge < -0.3 is 14.7 Å². The number of alkyl halides is 1. The Hall–Kier alpha value is -3.79. The summed E-state index contributed by atoms with van der Waals surface area (Å²) in [6.07, 6.45) is 5.64. The van der Waals surface area contributed by atoms with E-state index in [1.165, 1.54) is 0 Å². The lowest BCUT2D eigenvalue weighted by Gasteiger charge is -2.12. The highest BCUT2D eigenvalue weighted by Gasteiger charge is 2.43. The molecule has 5 aromatic rings. The Morgan fingerprint density at radius 1 is 1.27 bits per heavy atom. The number of anilines is 1. The lowest BCUT2D eigenvalue weighted by molar-refractivity contribution is -0.117. The fraction of sp³-hybridized carbons (Fsp3) is 0.182. The van der Waals surface area contributed by atoms with Crippen LogP contribution in [0.1, 0.15) is 12.2 Å². The molecule has 6 rings (SSSR count). The molecule has 0 bridgehead atoms. The molecule has 0 saturated heterocycles. The molecular formula is C22H16ClF2N7O. The Morgan fingerprint density at radius 3 is 2.82 bits per heavy atom. The van der Waals surface area contributed by atoms with Gasteiger partial charge in [-0.05, 0) is 25.5 Å². The Bertz CT molecular complexity index is 1570. The van der Waals surface area contributed by atoms with Crippen LogP contribution in [0.5, 0.6) is 0 Å². The number of hydrogen-bond acceptors (Lipinski definition) is 4. The summed E-state index contributed by atoms with van der Waals surface area (Å²) < 4.78 is 30.3. The Labute approximate surface area is 190 Å². The lowest BCUT2D eigenvalue weighted by atomic mass is 9.98. The molecule has 4 aromatic heterocycles. The molecule has 166 valence electrons. The van der Waals surface area contributed by atoms with E-state index in [0.717, 1.165) is 0 Å². The van der Waals surface area contributed by atoms with Crippen molar-refractivity contribution in [3.8, 4) is 22.4 Å². The van der Waals surface area contributed by atoms with E-state index in [9.17, 15) is 9.18 Å². The second-order valence-electron chi connectivity index (χ2n) is 8.08. The van der Waals surface area contributed by atoms with Gasteiger partial charge in [-0.3, -0.25) is 9.89 Å². The molecule has 1 aliphatic carbocycles. The third-order valence-electron chi connectivity index (χ3n) is 5.80. The molecule has 1 fully saturated rings. The fourth-order valence-electron chi connectivity index (χ4n) is 4.05. The smallest absolute Gasteiger partial charge is 0.231 e. The summed E-state index contributed by atoms with van der Waals surface area (Å²) in [5.74, 6) is -0.642. The fourth-order valence-corrected chi connectivity index (χ4v) is 4.36. The number of aromatic nitrogens is 6. The van der Waals surface area contributed by atoms with Crippen LogP contribution >= 0.6 is 11.6 Å². The average Bonchev–Trinajstić information content (AvgIpc) is 3.16. The van der Waals surface area contributed by atoms with Crippen LogP contribution in [0.3, 0.4) is 0 Å². The normalized spacial score (nSPS) is 17.7. The van der Waals surface area contributed by atoms with Crippen molar-refractivity contribution in [2.75, 3.05) is 5.32 Å². The largest absolute Gasteiger partial charge is 0.342 e. The van der Waals surface area contributed by atoms with E-state index in [0.29, 0.717) is 45.0 Å². The maximum Gasteiger partial charge on any atom is 0.231 e. The molecule has 0 aliphatic heterocycles. The Kier molecular flexibility index (Phi) is 4.28. The predicted molar refractivity (Wildman–Crippen MR) is 119 cm³/mol. The zero-order valence-electron chi connectivity index (χ0n) is 17.2. The minimum absolute atomic E-state index is 0.0538. The molecule has 1 amide bonds. The number of benzene rings is 1. The number of halogens is 3. The number of pyridine rings is 1. The molecule has 1 aromatic carbocycles. The number of aromatic amines is 2. The molecule has 0 spiro atoms. The number of imidazole rings is 2. The van der Waals surface area contributed by atoms with Crippen molar-refractivity contribution in [3.05, 3.63) is 53.6 Å². The first-order valence-electron chi connectivity index (χ1n) is 10.2. The average molecular weight is 468 g/mol. The first-order chi connectivity index (χ1) is 15.9. The summed E-state index contributed by atoms with van der Waals surface area (Å²) >= 11 is 6.54. The van der Waals surface area contributed by atoms with E-state index in [-0.39, 0.29) is 22.9 Å². The van der Waals surface area contributed by atoms with Crippen LogP contribution in [0.2, 0.25) is 5.02 Å². The van der Waals surface area contributed by atoms with Gasteiger partial charge in [0.1, 0.15) is 17.6 Å². The molecule has 2 atom stereocenters. The van der Waals surface area contributed by atoms with Crippen LogP contribution in [0.15, 0.2) is 36.9 Å². The summed E-state index contributed by atoms with van der Waals surface area (Å²) in [5, 5.41) is 10.2. The highest BCUT2D eigenvalue weighted by atomic mass is 35.5.